The molecule has 1 aliphatic rings. The zero-order chi connectivity index (χ0) is 16.7. The predicted molar refractivity (Wildman–Crippen MR) is 97.7 cm³/mol. The molecular weight excluding hydrogens is 351 g/mol. The average molecular weight is 375 g/mol. The van der Waals surface area contributed by atoms with E-state index >= 15 is 0 Å². The van der Waals surface area contributed by atoms with Gasteiger partial charge in [-0.25, -0.2) is 4.79 Å². The standard InChI is InChI=1S/C16H23ClN4O2.ClH/c1-2-6-19-16(23)20-15(22)11-21-8-7-18-10-14(21)12-4-3-5-13(17)9-12;/h3-5,9,14,18H,2,6-8,10-11H2,1H3,(H2,19,20,22,23);1H. The van der Waals surface area contributed by atoms with Crippen molar-refractivity contribution in [3.63, 3.8) is 0 Å². The molecule has 6 nitrogen and oxygen atoms in total. The molecule has 1 unspecified atom stereocenters. The van der Waals surface area contributed by atoms with E-state index in [1.54, 1.807) is 0 Å². The number of rotatable bonds is 5. The van der Waals surface area contributed by atoms with Crippen LogP contribution in [0, 0.1) is 0 Å². The number of nitrogens with zero attached hydrogens (tertiary/aromatic N) is 1. The fourth-order valence-electron chi connectivity index (χ4n) is 2.61. The van der Waals surface area contributed by atoms with E-state index in [1.807, 2.05) is 31.2 Å². The van der Waals surface area contributed by atoms with Crippen LogP contribution in [-0.4, -0.2) is 49.6 Å². The van der Waals surface area contributed by atoms with Crippen LogP contribution in [-0.2, 0) is 4.79 Å². The summed E-state index contributed by atoms with van der Waals surface area (Å²) in [6.45, 7) is 4.98. The summed E-state index contributed by atoms with van der Waals surface area (Å²) >= 11 is 6.06. The van der Waals surface area contributed by atoms with Crippen LogP contribution in [0.25, 0.3) is 0 Å². The number of halogens is 2. The van der Waals surface area contributed by atoms with Crippen molar-refractivity contribution in [1.82, 2.24) is 20.9 Å². The molecule has 1 saturated heterocycles. The lowest BCUT2D eigenvalue weighted by Crippen LogP contribution is -2.51. The number of benzene rings is 1. The van der Waals surface area contributed by atoms with Gasteiger partial charge in [-0.15, -0.1) is 12.4 Å². The molecule has 0 saturated carbocycles. The van der Waals surface area contributed by atoms with Crippen molar-refractivity contribution in [1.29, 1.82) is 0 Å². The van der Waals surface area contributed by atoms with Gasteiger partial charge in [0.15, 0.2) is 0 Å². The second kappa shape index (κ2) is 10.5. The highest BCUT2D eigenvalue weighted by Gasteiger charge is 2.26. The maximum Gasteiger partial charge on any atom is 0.321 e. The normalized spacial score (nSPS) is 17.7. The monoisotopic (exact) mass is 374 g/mol. The van der Waals surface area contributed by atoms with E-state index in [0.29, 0.717) is 11.6 Å². The Morgan fingerprint density at radius 1 is 1.42 bits per heavy atom. The van der Waals surface area contributed by atoms with E-state index < -0.39 is 6.03 Å². The van der Waals surface area contributed by atoms with E-state index in [-0.39, 0.29) is 30.9 Å². The third-order valence-corrected chi connectivity index (χ3v) is 3.96. The van der Waals surface area contributed by atoms with Crippen LogP contribution in [0.2, 0.25) is 5.02 Å². The molecule has 0 radical (unpaired) electrons. The smallest absolute Gasteiger partial charge is 0.321 e. The average Bonchev–Trinajstić information content (AvgIpc) is 2.53. The Morgan fingerprint density at radius 3 is 2.92 bits per heavy atom. The van der Waals surface area contributed by atoms with E-state index in [4.69, 9.17) is 11.6 Å². The van der Waals surface area contributed by atoms with Crippen LogP contribution in [0.15, 0.2) is 24.3 Å². The first-order valence-electron chi connectivity index (χ1n) is 7.88. The van der Waals surface area contributed by atoms with Gasteiger partial charge < -0.3 is 10.6 Å². The predicted octanol–water partition coefficient (Wildman–Crippen LogP) is 1.94. The Kier molecular flexibility index (Phi) is 9.07. The molecule has 0 spiro atoms. The van der Waals surface area contributed by atoms with E-state index in [2.05, 4.69) is 20.9 Å². The van der Waals surface area contributed by atoms with Gasteiger partial charge in [-0.2, -0.15) is 0 Å². The third kappa shape index (κ3) is 6.28. The number of hydrogen-bond acceptors (Lipinski definition) is 4. The molecule has 134 valence electrons. The molecule has 2 rings (SSSR count). The first-order valence-corrected chi connectivity index (χ1v) is 8.26. The molecule has 3 N–H and O–H groups in total. The van der Waals surface area contributed by atoms with Crippen LogP contribution in [0.4, 0.5) is 4.79 Å². The van der Waals surface area contributed by atoms with Gasteiger partial charge in [-0.05, 0) is 24.1 Å². The fourth-order valence-corrected chi connectivity index (χ4v) is 2.81. The topological polar surface area (TPSA) is 73.5 Å². The quantitative estimate of drug-likeness (QED) is 0.736. The van der Waals surface area contributed by atoms with Gasteiger partial charge in [-0.3, -0.25) is 15.0 Å². The summed E-state index contributed by atoms with van der Waals surface area (Å²) in [6.07, 6.45) is 0.830. The van der Waals surface area contributed by atoms with Crippen LogP contribution in [0.5, 0.6) is 0 Å². The highest BCUT2D eigenvalue weighted by Crippen LogP contribution is 2.24. The number of urea groups is 1. The zero-order valence-corrected chi connectivity index (χ0v) is 15.3. The number of hydrogen-bond donors (Lipinski definition) is 3. The number of carbonyl (C=O) groups is 2. The van der Waals surface area contributed by atoms with Gasteiger partial charge in [0.2, 0.25) is 5.91 Å². The lowest BCUT2D eigenvalue weighted by Gasteiger charge is -2.36. The summed E-state index contributed by atoms with van der Waals surface area (Å²) in [7, 11) is 0. The van der Waals surface area contributed by atoms with Crippen molar-refractivity contribution < 1.29 is 9.59 Å². The molecule has 24 heavy (non-hydrogen) atoms. The highest BCUT2D eigenvalue weighted by atomic mass is 35.5. The first-order chi connectivity index (χ1) is 11.1. The van der Waals surface area contributed by atoms with E-state index in [9.17, 15) is 9.59 Å². The number of imide groups is 1. The lowest BCUT2D eigenvalue weighted by atomic mass is 10.0. The van der Waals surface area contributed by atoms with Crippen molar-refractivity contribution in [2.24, 2.45) is 0 Å². The summed E-state index contributed by atoms with van der Waals surface area (Å²) < 4.78 is 0. The second-order valence-electron chi connectivity index (χ2n) is 5.55. The largest absolute Gasteiger partial charge is 0.338 e. The van der Waals surface area contributed by atoms with Crippen LogP contribution in [0.1, 0.15) is 24.9 Å². The SMILES string of the molecule is CCCNC(=O)NC(=O)CN1CCNCC1c1cccc(Cl)c1.Cl. The van der Waals surface area contributed by atoms with Gasteiger partial charge in [-0.1, -0.05) is 30.7 Å². The van der Waals surface area contributed by atoms with Gasteiger partial charge in [0.05, 0.1) is 6.54 Å². The third-order valence-electron chi connectivity index (χ3n) is 3.72. The molecule has 1 aromatic carbocycles. The number of nitrogens with one attached hydrogen (secondary N) is 3. The molecule has 0 aliphatic carbocycles. The zero-order valence-electron chi connectivity index (χ0n) is 13.7. The van der Waals surface area contributed by atoms with Gasteiger partial charge in [0.1, 0.15) is 0 Å². The van der Waals surface area contributed by atoms with Crippen LogP contribution < -0.4 is 16.0 Å². The minimum Gasteiger partial charge on any atom is -0.338 e. The summed E-state index contributed by atoms with van der Waals surface area (Å²) in [5.74, 6) is -0.299. The molecule has 3 amide bonds. The molecule has 1 atom stereocenters. The lowest BCUT2D eigenvalue weighted by molar-refractivity contribution is -0.122. The van der Waals surface area contributed by atoms with Gasteiger partial charge in [0, 0.05) is 37.2 Å². The van der Waals surface area contributed by atoms with E-state index in [1.165, 1.54) is 0 Å². The molecule has 1 heterocycles. The Hall–Kier alpha value is -1.34. The van der Waals surface area contributed by atoms with Crippen LogP contribution in [0.3, 0.4) is 0 Å². The van der Waals surface area contributed by atoms with Gasteiger partial charge >= 0.3 is 6.03 Å². The molecule has 0 aromatic heterocycles. The molecule has 1 fully saturated rings. The fraction of sp³-hybridized carbons (Fsp3) is 0.500. The van der Waals surface area contributed by atoms with Crippen molar-refractivity contribution in [3.05, 3.63) is 34.9 Å². The maximum absolute atomic E-state index is 12.1. The minimum atomic E-state index is -0.439. The molecule has 1 aliphatic heterocycles. The summed E-state index contributed by atoms with van der Waals surface area (Å²) in [4.78, 5) is 25.7. The summed E-state index contributed by atoms with van der Waals surface area (Å²) in [5, 5.41) is 9.01. The van der Waals surface area contributed by atoms with E-state index in [0.717, 1.165) is 31.6 Å². The molecule has 1 aromatic rings. The van der Waals surface area contributed by atoms with Crippen molar-refractivity contribution in [3.8, 4) is 0 Å². The van der Waals surface area contributed by atoms with Crippen molar-refractivity contribution in [2.45, 2.75) is 19.4 Å². The molecular formula is C16H24Cl2N4O2. The van der Waals surface area contributed by atoms with Crippen LogP contribution >= 0.6 is 24.0 Å². The Balaban J connectivity index is 0.00000288. The van der Waals surface area contributed by atoms with Gasteiger partial charge in [0.25, 0.3) is 0 Å². The Labute approximate surface area is 153 Å². The minimum absolute atomic E-state index is 0. The highest BCUT2D eigenvalue weighted by molar-refractivity contribution is 6.30. The molecule has 0 bridgehead atoms. The van der Waals surface area contributed by atoms with Crippen molar-refractivity contribution in [2.75, 3.05) is 32.7 Å². The summed E-state index contributed by atoms with van der Waals surface area (Å²) in [5.41, 5.74) is 1.06. The number of carbonyl (C=O) groups excluding carboxylic acids is 2. The Bertz CT molecular complexity index is 557. The molecule has 8 heteroatoms. The number of piperazine rings is 1. The van der Waals surface area contributed by atoms with Crippen molar-refractivity contribution >= 4 is 35.9 Å². The second-order valence-corrected chi connectivity index (χ2v) is 5.99. The first kappa shape index (κ1) is 20.7. The maximum atomic E-state index is 12.1. The number of amides is 3. The summed E-state index contributed by atoms with van der Waals surface area (Å²) in [6, 6.07) is 7.28. The Morgan fingerprint density at radius 2 is 2.21 bits per heavy atom.